The first-order valence-electron chi connectivity index (χ1n) is 5.51. The van der Waals surface area contributed by atoms with E-state index in [1.807, 2.05) is 30.3 Å². The third-order valence-corrected chi connectivity index (χ3v) is 2.71. The van der Waals surface area contributed by atoms with Gasteiger partial charge in [0.05, 0.1) is 0 Å². The Balaban J connectivity index is 2.65. The molecule has 0 spiro atoms. The van der Waals surface area contributed by atoms with E-state index in [1.54, 1.807) is 12.1 Å². The summed E-state index contributed by atoms with van der Waals surface area (Å²) in [5.74, 6) is 1.01. The molecular formula is C12H12B2O4. The van der Waals surface area contributed by atoms with Crippen molar-refractivity contribution in [3.63, 3.8) is 0 Å². The number of hydrogen-bond donors (Lipinski definition) is 4. The van der Waals surface area contributed by atoms with Gasteiger partial charge in [0.25, 0.3) is 0 Å². The van der Waals surface area contributed by atoms with Crippen LogP contribution in [-0.4, -0.2) is 34.3 Å². The van der Waals surface area contributed by atoms with Gasteiger partial charge in [-0.05, 0) is 21.8 Å². The van der Waals surface area contributed by atoms with E-state index in [1.165, 1.54) is 0 Å². The standard InChI is InChI=1S/C12H12B2O4/c15-13(16)8-12(14(17)18)11-7-3-5-9-4-1-2-6-10(9)11/h1-8,15-18H/b12-8-. The van der Waals surface area contributed by atoms with Gasteiger partial charge >= 0.3 is 14.2 Å². The van der Waals surface area contributed by atoms with Crippen molar-refractivity contribution >= 4 is 30.5 Å². The number of hydrogen-bond acceptors (Lipinski definition) is 4. The normalized spacial score (nSPS) is 11.7. The minimum absolute atomic E-state index is 0.0711. The summed E-state index contributed by atoms with van der Waals surface area (Å²) in [5, 5.41) is 38.4. The molecule has 2 aromatic carbocycles. The first kappa shape index (κ1) is 12.9. The summed E-state index contributed by atoms with van der Waals surface area (Å²) in [6.45, 7) is 0. The molecule has 18 heavy (non-hydrogen) atoms. The summed E-state index contributed by atoms with van der Waals surface area (Å²) < 4.78 is 0. The molecule has 0 atom stereocenters. The van der Waals surface area contributed by atoms with E-state index in [2.05, 4.69) is 0 Å². The summed E-state index contributed by atoms with van der Waals surface area (Å²) in [7, 11) is -3.50. The topological polar surface area (TPSA) is 80.9 Å². The summed E-state index contributed by atoms with van der Waals surface area (Å²) in [4.78, 5) is 0. The minimum atomic E-state index is -1.77. The Hall–Kier alpha value is -1.59. The van der Waals surface area contributed by atoms with E-state index < -0.39 is 14.2 Å². The van der Waals surface area contributed by atoms with Gasteiger partial charge in [0, 0.05) is 0 Å². The van der Waals surface area contributed by atoms with Crippen LogP contribution in [0.2, 0.25) is 0 Å². The molecule has 0 aromatic heterocycles. The molecule has 0 radical (unpaired) electrons. The highest BCUT2D eigenvalue weighted by atomic mass is 16.4. The smallest absolute Gasteiger partial charge is 0.424 e. The van der Waals surface area contributed by atoms with Crippen LogP contribution in [0.5, 0.6) is 0 Å². The van der Waals surface area contributed by atoms with E-state index in [0.29, 0.717) is 5.56 Å². The maximum Gasteiger partial charge on any atom is 0.488 e. The average molecular weight is 242 g/mol. The van der Waals surface area contributed by atoms with Crippen LogP contribution in [0.3, 0.4) is 0 Å². The van der Waals surface area contributed by atoms with Crippen molar-refractivity contribution in [3.05, 3.63) is 54.0 Å². The Morgan fingerprint density at radius 1 is 0.889 bits per heavy atom. The van der Waals surface area contributed by atoms with Crippen molar-refractivity contribution in [3.8, 4) is 0 Å². The summed E-state index contributed by atoms with van der Waals surface area (Å²) in [6, 6.07) is 12.8. The molecule has 2 rings (SSSR count). The third kappa shape index (κ3) is 2.63. The quantitative estimate of drug-likeness (QED) is 0.581. The summed E-state index contributed by atoms with van der Waals surface area (Å²) >= 11 is 0. The van der Waals surface area contributed by atoms with Crippen molar-refractivity contribution < 1.29 is 20.1 Å². The SMILES string of the molecule is OB(O)/C=C(\B(O)O)c1cccc2ccccc12. The van der Waals surface area contributed by atoms with E-state index in [9.17, 15) is 10.0 Å². The van der Waals surface area contributed by atoms with Gasteiger partial charge < -0.3 is 20.1 Å². The van der Waals surface area contributed by atoms with Crippen LogP contribution in [0, 0.1) is 0 Å². The number of rotatable bonds is 3. The van der Waals surface area contributed by atoms with Gasteiger partial charge in [0.15, 0.2) is 0 Å². The zero-order chi connectivity index (χ0) is 13.1. The first-order chi connectivity index (χ1) is 8.59. The highest BCUT2D eigenvalue weighted by Gasteiger charge is 2.21. The van der Waals surface area contributed by atoms with Crippen molar-refractivity contribution in [2.24, 2.45) is 0 Å². The molecule has 4 nitrogen and oxygen atoms in total. The van der Waals surface area contributed by atoms with Crippen molar-refractivity contribution in [1.29, 1.82) is 0 Å². The Bertz CT molecular complexity index is 576. The Labute approximate surface area is 105 Å². The summed E-state index contributed by atoms with van der Waals surface area (Å²) in [6.07, 6.45) is 0. The molecule has 4 N–H and O–H groups in total. The van der Waals surface area contributed by atoms with Gasteiger partial charge in [-0.25, -0.2) is 0 Å². The fourth-order valence-electron chi connectivity index (χ4n) is 1.95. The molecule has 0 aliphatic rings. The second-order valence-electron chi connectivity index (χ2n) is 3.94. The molecule has 0 amide bonds. The zero-order valence-electron chi connectivity index (χ0n) is 9.56. The van der Waals surface area contributed by atoms with Crippen molar-refractivity contribution in [1.82, 2.24) is 0 Å². The van der Waals surface area contributed by atoms with Crippen LogP contribution in [0.1, 0.15) is 5.56 Å². The lowest BCUT2D eigenvalue weighted by molar-refractivity contribution is 0.419. The van der Waals surface area contributed by atoms with Crippen molar-refractivity contribution in [2.45, 2.75) is 0 Å². The maximum absolute atomic E-state index is 9.34. The van der Waals surface area contributed by atoms with Crippen LogP contribution in [0.4, 0.5) is 0 Å². The zero-order valence-corrected chi connectivity index (χ0v) is 9.56. The van der Waals surface area contributed by atoms with Crippen LogP contribution in [-0.2, 0) is 0 Å². The molecule has 90 valence electrons. The lowest BCUT2D eigenvalue weighted by Gasteiger charge is -2.10. The molecular weight excluding hydrogens is 230 g/mol. The van der Waals surface area contributed by atoms with Gasteiger partial charge in [-0.1, -0.05) is 48.4 Å². The largest absolute Gasteiger partial charge is 0.488 e. The fourth-order valence-corrected chi connectivity index (χ4v) is 1.95. The number of fused-ring (bicyclic) bond motifs is 1. The highest BCUT2D eigenvalue weighted by molar-refractivity contribution is 6.70. The molecule has 0 fully saturated rings. The molecule has 0 unspecified atom stereocenters. The first-order valence-corrected chi connectivity index (χ1v) is 5.51. The van der Waals surface area contributed by atoms with Gasteiger partial charge in [-0.2, -0.15) is 0 Å². The van der Waals surface area contributed by atoms with Gasteiger partial charge in [0.1, 0.15) is 0 Å². The average Bonchev–Trinajstić information content (AvgIpc) is 2.35. The van der Waals surface area contributed by atoms with Crippen molar-refractivity contribution in [2.75, 3.05) is 0 Å². The molecule has 2 aromatic rings. The van der Waals surface area contributed by atoms with Crippen LogP contribution in [0.15, 0.2) is 48.4 Å². The lowest BCUT2D eigenvalue weighted by atomic mass is 9.68. The Morgan fingerprint density at radius 3 is 2.22 bits per heavy atom. The van der Waals surface area contributed by atoms with E-state index >= 15 is 0 Å². The minimum Gasteiger partial charge on any atom is -0.424 e. The van der Waals surface area contributed by atoms with E-state index in [0.717, 1.165) is 16.7 Å². The monoisotopic (exact) mass is 242 g/mol. The second kappa shape index (κ2) is 5.37. The summed E-state index contributed by atoms with van der Waals surface area (Å²) in [5.41, 5.74) is 0.637. The van der Waals surface area contributed by atoms with Gasteiger partial charge in [-0.3, -0.25) is 0 Å². The molecule has 0 heterocycles. The molecule has 0 saturated carbocycles. The molecule has 0 aliphatic carbocycles. The second-order valence-corrected chi connectivity index (χ2v) is 3.94. The number of benzene rings is 2. The van der Waals surface area contributed by atoms with Crippen LogP contribution >= 0.6 is 0 Å². The van der Waals surface area contributed by atoms with Gasteiger partial charge in [-0.15, -0.1) is 0 Å². The third-order valence-electron chi connectivity index (χ3n) is 2.71. The van der Waals surface area contributed by atoms with Crippen LogP contribution in [0.25, 0.3) is 16.2 Å². The predicted molar refractivity (Wildman–Crippen MR) is 72.3 cm³/mol. The van der Waals surface area contributed by atoms with Gasteiger partial charge in [0.2, 0.25) is 0 Å². The Morgan fingerprint density at radius 2 is 1.56 bits per heavy atom. The molecule has 6 heteroatoms. The van der Waals surface area contributed by atoms with E-state index in [4.69, 9.17) is 10.0 Å². The fraction of sp³-hybridized carbons (Fsp3) is 0. The predicted octanol–water partition coefficient (Wildman–Crippen LogP) is 0.247. The molecule has 0 aliphatic heterocycles. The highest BCUT2D eigenvalue weighted by Crippen LogP contribution is 2.25. The van der Waals surface area contributed by atoms with E-state index in [-0.39, 0.29) is 5.47 Å². The molecule has 0 bridgehead atoms. The lowest BCUT2D eigenvalue weighted by Crippen LogP contribution is -2.19. The Kier molecular flexibility index (Phi) is 3.84. The molecule has 0 saturated heterocycles. The van der Waals surface area contributed by atoms with Crippen LogP contribution < -0.4 is 0 Å². The maximum atomic E-state index is 9.34.